The van der Waals surface area contributed by atoms with E-state index in [9.17, 15) is 9.59 Å². The van der Waals surface area contributed by atoms with Crippen molar-refractivity contribution >= 4 is 23.5 Å². The molecule has 0 bridgehead atoms. The van der Waals surface area contributed by atoms with Crippen molar-refractivity contribution in [1.29, 1.82) is 0 Å². The van der Waals surface area contributed by atoms with Crippen molar-refractivity contribution in [3.05, 3.63) is 34.9 Å². The molecule has 1 aromatic rings. The summed E-state index contributed by atoms with van der Waals surface area (Å²) in [4.78, 5) is 22.6. The van der Waals surface area contributed by atoms with Gasteiger partial charge in [0, 0.05) is 11.4 Å². The molecule has 0 atom stereocenters. The molecule has 1 aliphatic rings. The maximum atomic E-state index is 11.7. The average Bonchev–Trinajstić information content (AvgIpc) is 3.09. The number of halogens is 1. The highest BCUT2D eigenvalue weighted by Gasteiger charge is 2.51. The Balaban J connectivity index is 1.86. The van der Waals surface area contributed by atoms with E-state index in [1.807, 2.05) is 18.2 Å². The molecule has 1 aliphatic carbocycles. The first-order chi connectivity index (χ1) is 8.53. The lowest BCUT2D eigenvalue weighted by Gasteiger charge is -2.12. The quantitative estimate of drug-likeness (QED) is 0.858. The Kier molecular flexibility index (Phi) is 3.57. The number of carboxylic acids is 1. The van der Waals surface area contributed by atoms with Crippen LogP contribution >= 0.6 is 11.6 Å². The number of carboxylic acid groups (broad SMARTS) is 1. The first-order valence-corrected chi connectivity index (χ1v) is 6.19. The number of aryl methyl sites for hydroxylation is 1. The van der Waals surface area contributed by atoms with E-state index in [1.165, 1.54) is 0 Å². The number of rotatable bonds is 5. The molecular weight excluding hydrogens is 254 g/mol. The third-order valence-corrected chi connectivity index (χ3v) is 3.49. The van der Waals surface area contributed by atoms with Crippen molar-refractivity contribution in [1.82, 2.24) is 5.32 Å². The summed E-state index contributed by atoms with van der Waals surface area (Å²) in [6.45, 7) is 0. The molecule has 1 saturated carbocycles. The predicted octanol–water partition coefficient (Wildman–Crippen LogP) is 2.01. The van der Waals surface area contributed by atoms with E-state index in [2.05, 4.69) is 5.32 Å². The van der Waals surface area contributed by atoms with Crippen molar-refractivity contribution in [2.24, 2.45) is 0 Å². The van der Waals surface area contributed by atoms with E-state index in [1.54, 1.807) is 6.07 Å². The fourth-order valence-corrected chi connectivity index (χ4v) is 2.03. The lowest BCUT2D eigenvalue weighted by Crippen LogP contribution is -2.43. The SMILES string of the molecule is O=C(CCc1ccccc1Cl)NC1(C(=O)O)CC1. The number of aliphatic carboxylic acids is 1. The van der Waals surface area contributed by atoms with Gasteiger partial charge in [0.2, 0.25) is 5.91 Å². The lowest BCUT2D eigenvalue weighted by atomic mass is 10.1. The van der Waals surface area contributed by atoms with Crippen LogP contribution in [0.2, 0.25) is 5.02 Å². The average molecular weight is 268 g/mol. The van der Waals surface area contributed by atoms with Gasteiger partial charge in [-0.3, -0.25) is 4.79 Å². The van der Waals surface area contributed by atoms with E-state index in [-0.39, 0.29) is 12.3 Å². The van der Waals surface area contributed by atoms with Crippen LogP contribution in [0.4, 0.5) is 0 Å². The second-order valence-electron chi connectivity index (χ2n) is 4.53. The molecule has 1 aromatic carbocycles. The minimum absolute atomic E-state index is 0.241. The van der Waals surface area contributed by atoms with Gasteiger partial charge < -0.3 is 10.4 Å². The third kappa shape index (κ3) is 2.82. The van der Waals surface area contributed by atoms with Gasteiger partial charge in [-0.05, 0) is 30.9 Å². The van der Waals surface area contributed by atoms with Gasteiger partial charge in [-0.1, -0.05) is 29.8 Å². The summed E-state index contributed by atoms with van der Waals surface area (Å²) < 4.78 is 0. The Morgan fingerprint density at radius 2 is 2.00 bits per heavy atom. The highest BCUT2D eigenvalue weighted by atomic mass is 35.5. The molecule has 18 heavy (non-hydrogen) atoms. The lowest BCUT2D eigenvalue weighted by molar-refractivity contribution is -0.143. The van der Waals surface area contributed by atoms with Crippen LogP contribution in [0.5, 0.6) is 0 Å². The Morgan fingerprint density at radius 1 is 1.33 bits per heavy atom. The number of amides is 1. The van der Waals surface area contributed by atoms with Crippen LogP contribution in [0.3, 0.4) is 0 Å². The summed E-state index contributed by atoms with van der Waals surface area (Å²) >= 11 is 5.98. The van der Waals surface area contributed by atoms with E-state index in [0.717, 1.165) is 5.56 Å². The molecular formula is C13H14ClNO3. The van der Waals surface area contributed by atoms with E-state index >= 15 is 0 Å². The first-order valence-electron chi connectivity index (χ1n) is 5.81. The zero-order valence-corrected chi connectivity index (χ0v) is 10.5. The Bertz CT molecular complexity index is 483. The minimum atomic E-state index is -1.00. The van der Waals surface area contributed by atoms with Crippen LogP contribution in [-0.2, 0) is 16.0 Å². The number of carbonyl (C=O) groups excluding carboxylic acids is 1. The molecule has 2 rings (SSSR count). The molecule has 0 unspecified atom stereocenters. The van der Waals surface area contributed by atoms with Crippen LogP contribution in [0.25, 0.3) is 0 Å². The predicted molar refractivity (Wildman–Crippen MR) is 67.5 cm³/mol. The molecule has 0 aliphatic heterocycles. The molecule has 0 heterocycles. The maximum Gasteiger partial charge on any atom is 0.329 e. The van der Waals surface area contributed by atoms with Gasteiger partial charge in [0.05, 0.1) is 0 Å². The number of hydrogen-bond acceptors (Lipinski definition) is 2. The molecule has 96 valence electrons. The zero-order chi connectivity index (χ0) is 13.2. The maximum absolute atomic E-state index is 11.7. The molecule has 0 saturated heterocycles. The van der Waals surface area contributed by atoms with Crippen LogP contribution in [0.1, 0.15) is 24.8 Å². The standard InChI is InChI=1S/C13H14ClNO3/c14-10-4-2-1-3-9(10)5-6-11(16)15-13(7-8-13)12(17)18/h1-4H,5-8H2,(H,15,16)(H,17,18). The minimum Gasteiger partial charge on any atom is -0.480 e. The van der Waals surface area contributed by atoms with Gasteiger partial charge in [-0.2, -0.15) is 0 Å². The molecule has 2 N–H and O–H groups in total. The molecule has 4 nitrogen and oxygen atoms in total. The van der Waals surface area contributed by atoms with Crippen molar-refractivity contribution < 1.29 is 14.7 Å². The van der Waals surface area contributed by atoms with Crippen molar-refractivity contribution in [2.45, 2.75) is 31.2 Å². The van der Waals surface area contributed by atoms with Crippen LogP contribution < -0.4 is 5.32 Å². The highest BCUT2D eigenvalue weighted by Crippen LogP contribution is 2.35. The molecule has 0 radical (unpaired) electrons. The summed E-state index contributed by atoms with van der Waals surface area (Å²) in [5, 5.41) is 12.2. The molecule has 1 fully saturated rings. The van der Waals surface area contributed by atoms with E-state index in [4.69, 9.17) is 16.7 Å². The summed E-state index contributed by atoms with van der Waals surface area (Å²) in [5.41, 5.74) is -0.105. The fourth-order valence-electron chi connectivity index (χ4n) is 1.80. The number of hydrogen-bond donors (Lipinski definition) is 2. The fraction of sp³-hybridized carbons (Fsp3) is 0.385. The number of benzene rings is 1. The van der Waals surface area contributed by atoms with Gasteiger partial charge in [0.15, 0.2) is 0 Å². The molecule has 0 spiro atoms. The summed E-state index contributed by atoms with van der Waals surface area (Å²) in [6, 6.07) is 7.32. The smallest absolute Gasteiger partial charge is 0.329 e. The van der Waals surface area contributed by atoms with Gasteiger partial charge >= 0.3 is 5.97 Å². The topological polar surface area (TPSA) is 66.4 Å². The van der Waals surface area contributed by atoms with Crippen LogP contribution in [-0.4, -0.2) is 22.5 Å². The second-order valence-corrected chi connectivity index (χ2v) is 4.93. The van der Waals surface area contributed by atoms with Crippen LogP contribution in [0, 0.1) is 0 Å². The molecule has 0 aromatic heterocycles. The van der Waals surface area contributed by atoms with Gasteiger partial charge in [0.25, 0.3) is 0 Å². The monoisotopic (exact) mass is 267 g/mol. The Morgan fingerprint density at radius 3 is 2.56 bits per heavy atom. The van der Waals surface area contributed by atoms with Crippen molar-refractivity contribution in [3.8, 4) is 0 Å². The van der Waals surface area contributed by atoms with E-state index in [0.29, 0.717) is 24.3 Å². The number of carbonyl (C=O) groups is 2. The highest BCUT2D eigenvalue weighted by molar-refractivity contribution is 6.31. The van der Waals surface area contributed by atoms with E-state index < -0.39 is 11.5 Å². The number of nitrogens with one attached hydrogen (secondary N) is 1. The van der Waals surface area contributed by atoms with Gasteiger partial charge in [-0.25, -0.2) is 4.79 Å². The van der Waals surface area contributed by atoms with Gasteiger partial charge in [0.1, 0.15) is 5.54 Å². The van der Waals surface area contributed by atoms with Gasteiger partial charge in [-0.15, -0.1) is 0 Å². The summed E-state index contributed by atoms with van der Waals surface area (Å²) in [5.74, 6) is -1.19. The first kappa shape index (κ1) is 12.9. The van der Waals surface area contributed by atoms with Crippen molar-refractivity contribution in [2.75, 3.05) is 0 Å². The van der Waals surface area contributed by atoms with Crippen LogP contribution in [0.15, 0.2) is 24.3 Å². The molecule has 5 heteroatoms. The largest absolute Gasteiger partial charge is 0.480 e. The second kappa shape index (κ2) is 4.98. The normalized spacial score (nSPS) is 16.1. The molecule has 1 amide bonds. The summed E-state index contributed by atoms with van der Waals surface area (Å²) in [6.07, 6.45) is 1.79. The zero-order valence-electron chi connectivity index (χ0n) is 9.78. The third-order valence-electron chi connectivity index (χ3n) is 3.12. The summed E-state index contributed by atoms with van der Waals surface area (Å²) in [7, 11) is 0. The Labute approximate surface area is 110 Å². The Hall–Kier alpha value is -1.55. The van der Waals surface area contributed by atoms with Crippen molar-refractivity contribution in [3.63, 3.8) is 0 Å².